The molecule has 7 heteroatoms. The van der Waals surface area contributed by atoms with Crippen molar-refractivity contribution in [1.82, 2.24) is 19.5 Å². The highest BCUT2D eigenvalue weighted by Crippen LogP contribution is 2.26. The molecule has 3 heterocycles. The number of aryl methyl sites for hydroxylation is 2. The highest BCUT2D eigenvalue weighted by atomic mass is 35.5. The number of hydrogen-bond acceptors (Lipinski definition) is 4. The first-order valence-electron chi connectivity index (χ1n) is 8.22. The summed E-state index contributed by atoms with van der Waals surface area (Å²) in [5, 5.41) is 9.95. The van der Waals surface area contributed by atoms with E-state index in [1.165, 1.54) is 0 Å². The Labute approximate surface area is 155 Å². The van der Waals surface area contributed by atoms with Crippen molar-refractivity contribution in [2.45, 2.75) is 33.7 Å². The summed E-state index contributed by atoms with van der Waals surface area (Å²) in [4.78, 5) is 24.1. The summed E-state index contributed by atoms with van der Waals surface area (Å²) < 4.78 is 1.91. The smallest absolute Gasteiger partial charge is 0.187 e. The van der Waals surface area contributed by atoms with Gasteiger partial charge >= 0.3 is 0 Å². The summed E-state index contributed by atoms with van der Waals surface area (Å²) in [6, 6.07) is 0. The normalized spacial score (nSPS) is 10.8. The lowest BCUT2D eigenvalue weighted by Gasteiger charge is -2.09. The molecule has 0 atom stereocenters. The molecule has 0 saturated heterocycles. The van der Waals surface area contributed by atoms with Crippen LogP contribution in [-0.2, 0) is 6.54 Å². The van der Waals surface area contributed by atoms with Crippen LogP contribution >= 0.6 is 11.6 Å². The number of aliphatic hydroxyl groups is 1. The molecule has 3 rings (SSSR count). The van der Waals surface area contributed by atoms with Crippen molar-refractivity contribution in [1.29, 1.82) is 0 Å². The first kappa shape index (κ1) is 18.2. The van der Waals surface area contributed by atoms with Crippen LogP contribution < -0.4 is 5.43 Å². The largest absolute Gasteiger partial charge is 0.395 e. The Morgan fingerprint density at radius 1 is 1.31 bits per heavy atom. The molecule has 0 aromatic carbocycles. The number of fused-ring (bicyclic) bond motifs is 1. The average molecular weight is 371 g/mol. The van der Waals surface area contributed by atoms with E-state index in [0.717, 1.165) is 5.69 Å². The van der Waals surface area contributed by atoms with Crippen molar-refractivity contribution in [3.63, 3.8) is 0 Å². The van der Waals surface area contributed by atoms with Gasteiger partial charge in [0.05, 0.1) is 24.1 Å². The molecule has 0 spiro atoms. The first-order chi connectivity index (χ1) is 12.4. The zero-order chi connectivity index (χ0) is 18.8. The average Bonchev–Trinajstić information content (AvgIpc) is 2.93. The lowest BCUT2D eigenvalue weighted by Crippen LogP contribution is -2.15. The van der Waals surface area contributed by atoms with E-state index >= 15 is 0 Å². The minimum atomic E-state index is -0.00121. The molecule has 3 aromatic rings. The Hall–Kier alpha value is -2.62. The number of aromatic amines is 1. The van der Waals surface area contributed by atoms with E-state index in [4.69, 9.17) is 16.7 Å². The van der Waals surface area contributed by atoms with Crippen molar-refractivity contribution in [3.05, 3.63) is 56.0 Å². The number of aliphatic hydroxyl groups excluding tert-OH is 1. The summed E-state index contributed by atoms with van der Waals surface area (Å²) in [5.74, 6) is 6.49. The van der Waals surface area contributed by atoms with Crippen molar-refractivity contribution >= 4 is 22.6 Å². The predicted octanol–water partition coefficient (Wildman–Crippen LogP) is 2.48. The molecule has 0 saturated carbocycles. The number of nitrogens with zero attached hydrogens (tertiary/aromatic N) is 3. The van der Waals surface area contributed by atoms with Crippen molar-refractivity contribution < 1.29 is 5.11 Å². The van der Waals surface area contributed by atoms with Gasteiger partial charge in [-0.3, -0.25) is 4.79 Å². The van der Waals surface area contributed by atoms with Gasteiger partial charge < -0.3 is 14.7 Å². The van der Waals surface area contributed by atoms with Gasteiger partial charge in [-0.25, -0.2) is 9.97 Å². The highest BCUT2D eigenvalue weighted by Gasteiger charge is 2.15. The minimum absolute atomic E-state index is 0.00121. The van der Waals surface area contributed by atoms with Gasteiger partial charge in [-0.2, -0.15) is 0 Å². The van der Waals surface area contributed by atoms with Crippen molar-refractivity contribution in [2.24, 2.45) is 0 Å². The molecule has 0 aliphatic carbocycles. The number of H-pyrrole nitrogens is 1. The van der Waals surface area contributed by atoms with Crippen LogP contribution in [0.2, 0.25) is 5.15 Å². The van der Waals surface area contributed by atoms with Gasteiger partial charge in [-0.1, -0.05) is 23.4 Å². The number of nitrogens with one attached hydrogen (secondary N) is 1. The van der Waals surface area contributed by atoms with Crippen LogP contribution in [0, 0.1) is 32.6 Å². The Morgan fingerprint density at radius 2 is 2.08 bits per heavy atom. The monoisotopic (exact) mass is 370 g/mol. The molecule has 0 radical (unpaired) electrons. The molecular weight excluding hydrogens is 352 g/mol. The topological polar surface area (TPSA) is 83.8 Å². The Kier molecular flexibility index (Phi) is 5.12. The number of aromatic nitrogens is 4. The molecule has 6 nitrogen and oxygen atoms in total. The summed E-state index contributed by atoms with van der Waals surface area (Å²) in [7, 11) is 0. The van der Waals surface area contributed by atoms with Gasteiger partial charge in [0.1, 0.15) is 16.6 Å². The summed E-state index contributed by atoms with van der Waals surface area (Å²) in [6.07, 6.45) is 3.94. The van der Waals surface area contributed by atoms with E-state index in [2.05, 4.69) is 26.8 Å². The van der Waals surface area contributed by atoms with Gasteiger partial charge in [0.2, 0.25) is 0 Å². The van der Waals surface area contributed by atoms with Crippen LogP contribution in [-0.4, -0.2) is 31.2 Å². The van der Waals surface area contributed by atoms with Crippen LogP contribution in [0.1, 0.15) is 34.6 Å². The summed E-state index contributed by atoms with van der Waals surface area (Å²) in [5.41, 5.74) is 3.56. The van der Waals surface area contributed by atoms with E-state index in [1.54, 1.807) is 20.0 Å². The van der Waals surface area contributed by atoms with Crippen molar-refractivity contribution in [2.75, 3.05) is 6.61 Å². The molecule has 3 aromatic heterocycles. The second-order valence-corrected chi connectivity index (χ2v) is 6.47. The van der Waals surface area contributed by atoms with Crippen LogP contribution in [0.3, 0.4) is 0 Å². The fourth-order valence-electron chi connectivity index (χ4n) is 2.81. The summed E-state index contributed by atoms with van der Waals surface area (Å²) >= 11 is 6.33. The third-order valence-electron chi connectivity index (χ3n) is 4.19. The van der Waals surface area contributed by atoms with E-state index < -0.39 is 0 Å². The third kappa shape index (κ3) is 3.36. The standard InChI is InChI=1S/C19H19ClN4O2/c1-11-8-21-15(12(2)17(11)26)10-24-9-14(6-4-5-7-25)16-18(20)22-13(3)23-19(16)24/h8-9,25H,5,7,10H2,1-3H3,(H,21,26). The lowest BCUT2D eigenvalue weighted by atomic mass is 10.1. The molecule has 26 heavy (non-hydrogen) atoms. The molecular formula is C19H19ClN4O2. The van der Waals surface area contributed by atoms with Gasteiger partial charge in [-0.05, 0) is 20.8 Å². The number of halogens is 1. The molecule has 0 aliphatic rings. The second kappa shape index (κ2) is 7.32. The molecule has 2 N–H and O–H groups in total. The highest BCUT2D eigenvalue weighted by molar-refractivity contribution is 6.34. The van der Waals surface area contributed by atoms with Gasteiger partial charge in [-0.15, -0.1) is 0 Å². The number of rotatable bonds is 3. The number of hydrogen-bond donors (Lipinski definition) is 2. The SMILES string of the molecule is Cc1nc(Cl)c2c(C#CCCO)cn(Cc3[nH]cc(C)c(=O)c3C)c2n1. The van der Waals surface area contributed by atoms with Crippen LogP contribution in [0.15, 0.2) is 17.2 Å². The van der Waals surface area contributed by atoms with Crippen LogP contribution in [0.5, 0.6) is 0 Å². The Balaban J connectivity index is 2.16. The maximum Gasteiger partial charge on any atom is 0.187 e. The first-order valence-corrected chi connectivity index (χ1v) is 8.60. The molecule has 0 unspecified atom stereocenters. The Bertz CT molecular complexity index is 1100. The zero-order valence-corrected chi connectivity index (χ0v) is 15.6. The van der Waals surface area contributed by atoms with E-state index in [9.17, 15) is 4.79 Å². The predicted molar refractivity (Wildman–Crippen MR) is 101 cm³/mol. The minimum Gasteiger partial charge on any atom is -0.395 e. The van der Waals surface area contributed by atoms with E-state index in [0.29, 0.717) is 51.7 Å². The van der Waals surface area contributed by atoms with Crippen molar-refractivity contribution in [3.8, 4) is 11.8 Å². The van der Waals surface area contributed by atoms with E-state index in [1.807, 2.05) is 17.7 Å². The molecule has 0 amide bonds. The third-order valence-corrected chi connectivity index (χ3v) is 4.46. The fourth-order valence-corrected chi connectivity index (χ4v) is 3.12. The second-order valence-electron chi connectivity index (χ2n) is 6.11. The van der Waals surface area contributed by atoms with Gasteiger partial charge in [0.15, 0.2) is 5.43 Å². The fraction of sp³-hybridized carbons (Fsp3) is 0.316. The van der Waals surface area contributed by atoms with Gasteiger partial charge in [0.25, 0.3) is 0 Å². The van der Waals surface area contributed by atoms with Crippen LogP contribution in [0.4, 0.5) is 0 Å². The molecule has 0 aliphatic heterocycles. The maximum absolute atomic E-state index is 12.2. The lowest BCUT2D eigenvalue weighted by molar-refractivity contribution is 0.305. The van der Waals surface area contributed by atoms with Crippen LogP contribution in [0.25, 0.3) is 11.0 Å². The summed E-state index contributed by atoms with van der Waals surface area (Å²) in [6.45, 7) is 5.80. The van der Waals surface area contributed by atoms with E-state index in [-0.39, 0.29) is 12.0 Å². The molecule has 0 bridgehead atoms. The number of pyridine rings is 1. The molecule has 0 fully saturated rings. The van der Waals surface area contributed by atoms with Gasteiger partial charge in [0, 0.05) is 35.6 Å². The maximum atomic E-state index is 12.2. The zero-order valence-electron chi connectivity index (χ0n) is 14.9. The molecule has 134 valence electrons. The Morgan fingerprint density at radius 3 is 2.81 bits per heavy atom. The quantitative estimate of drug-likeness (QED) is 0.548.